The topological polar surface area (TPSA) is 232 Å². The number of likely N-dealkylation sites (N-methyl/N-ethyl adjacent to an activating group) is 1. The van der Waals surface area contributed by atoms with Crippen molar-refractivity contribution >= 4 is 34.8 Å². The molecule has 2 aromatic rings. The Balaban J connectivity index is 1.49. The highest BCUT2D eigenvalue weighted by atomic mass is 16.6. The molecule has 14 heteroatoms. The summed E-state index contributed by atoms with van der Waals surface area (Å²) in [6.07, 6.45) is -1.70. The molecule has 6 unspecified atom stereocenters. The number of amides is 2. The first-order valence-corrected chi connectivity index (χ1v) is 14.1. The highest BCUT2D eigenvalue weighted by Gasteiger charge is 2.68. The fraction of sp³-hybridized carbons (Fsp3) is 0.355. The lowest BCUT2D eigenvalue weighted by atomic mass is 9.54. The maximum absolute atomic E-state index is 14.1. The van der Waals surface area contributed by atoms with Crippen LogP contribution in [-0.2, 0) is 30.6 Å². The highest BCUT2D eigenvalue weighted by molar-refractivity contribution is 6.24. The van der Waals surface area contributed by atoms with E-state index in [2.05, 4.69) is 10.8 Å². The number of hydrogen-bond acceptors (Lipinski definition) is 12. The van der Waals surface area contributed by atoms with Gasteiger partial charge >= 0.3 is 0 Å². The molecule has 14 nitrogen and oxygen atoms in total. The van der Waals surface area contributed by atoms with Crippen molar-refractivity contribution in [2.75, 3.05) is 26.0 Å². The van der Waals surface area contributed by atoms with E-state index in [4.69, 9.17) is 10.6 Å². The molecule has 5 rings (SSSR count). The third kappa shape index (κ3) is 4.96. The summed E-state index contributed by atoms with van der Waals surface area (Å²) in [6, 6.07) is 10.7. The number of hydroxylamine groups is 1. The molecule has 0 spiro atoms. The summed E-state index contributed by atoms with van der Waals surface area (Å²) >= 11 is 0. The van der Waals surface area contributed by atoms with E-state index < -0.39 is 87.3 Å². The molecule has 2 aromatic carbocycles. The summed E-state index contributed by atoms with van der Waals surface area (Å²) in [7, 11) is 2.87. The number of phenols is 1. The molecule has 2 amide bonds. The van der Waals surface area contributed by atoms with Gasteiger partial charge in [0.25, 0.3) is 5.91 Å². The van der Waals surface area contributed by atoms with E-state index in [1.165, 1.54) is 31.1 Å². The Morgan fingerprint density at radius 1 is 1.07 bits per heavy atom. The molecule has 45 heavy (non-hydrogen) atoms. The van der Waals surface area contributed by atoms with Crippen molar-refractivity contribution in [2.24, 2.45) is 17.6 Å². The fourth-order valence-corrected chi connectivity index (χ4v) is 6.74. The molecule has 6 atom stereocenters. The van der Waals surface area contributed by atoms with Gasteiger partial charge in [-0.2, -0.15) is 5.48 Å². The van der Waals surface area contributed by atoms with Crippen molar-refractivity contribution in [3.63, 3.8) is 0 Å². The number of nitrogens with one attached hydrogen (secondary N) is 2. The van der Waals surface area contributed by atoms with Gasteiger partial charge < -0.3 is 36.6 Å². The Kier molecular flexibility index (Phi) is 8.29. The smallest absolute Gasteiger partial charge is 0.255 e. The molecule has 3 aliphatic rings. The number of Topliss-reactive ketones (excluding diaryl/α,β-unsaturated/α-hetero) is 2. The van der Waals surface area contributed by atoms with Gasteiger partial charge in [-0.15, -0.1) is 0 Å². The van der Waals surface area contributed by atoms with Crippen molar-refractivity contribution < 1.29 is 49.5 Å². The van der Waals surface area contributed by atoms with Gasteiger partial charge in [-0.25, -0.2) is 0 Å². The van der Waals surface area contributed by atoms with E-state index in [0.29, 0.717) is 5.56 Å². The van der Waals surface area contributed by atoms with Crippen LogP contribution in [0.1, 0.15) is 29.5 Å². The molecule has 3 aliphatic carbocycles. The average molecular weight is 623 g/mol. The largest absolute Gasteiger partial charge is 0.508 e. The summed E-state index contributed by atoms with van der Waals surface area (Å²) in [5.41, 5.74) is 4.14. The number of ketones is 2. The van der Waals surface area contributed by atoms with Gasteiger partial charge in [0.1, 0.15) is 29.4 Å². The molecule has 0 heterocycles. The normalized spacial score (nSPS) is 27.6. The van der Waals surface area contributed by atoms with E-state index in [-0.39, 0.29) is 24.4 Å². The lowest BCUT2D eigenvalue weighted by Crippen LogP contribution is -2.70. The van der Waals surface area contributed by atoms with Crippen molar-refractivity contribution in [3.05, 3.63) is 76.1 Å². The van der Waals surface area contributed by atoms with Gasteiger partial charge in [-0.05, 0) is 37.2 Å². The Labute approximate surface area is 257 Å². The fourth-order valence-electron chi connectivity index (χ4n) is 6.74. The number of aromatic hydroxyl groups is 1. The lowest BCUT2D eigenvalue weighted by molar-refractivity contribution is -0.169. The van der Waals surface area contributed by atoms with Crippen molar-refractivity contribution in [1.29, 1.82) is 0 Å². The molecule has 1 saturated carbocycles. The van der Waals surface area contributed by atoms with Crippen LogP contribution in [-0.4, -0.2) is 92.2 Å². The van der Waals surface area contributed by atoms with Crippen LogP contribution in [0.2, 0.25) is 0 Å². The Morgan fingerprint density at radius 3 is 2.36 bits per heavy atom. The number of aliphatic hydroxyl groups is 4. The van der Waals surface area contributed by atoms with E-state index in [1.807, 2.05) is 30.3 Å². The minimum Gasteiger partial charge on any atom is -0.508 e. The number of fused-ring (bicyclic) bond motifs is 3. The first kappa shape index (κ1) is 31.8. The number of carbonyl (C=O) groups excluding carboxylic acids is 4. The molecule has 1 fully saturated rings. The molecule has 0 radical (unpaired) electrons. The third-order valence-corrected chi connectivity index (χ3v) is 8.82. The number of hydrogen-bond donors (Lipinski definition) is 8. The predicted molar refractivity (Wildman–Crippen MR) is 158 cm³/mol. The van der Waals surface area contributed by atoms with Crippen LogP contribution in [0.15, 0.2) is 59.4 Å². The van der Waals surface area contributed by atoms with Crippen molar-refractivity contribution in [2.45, 2.75) is 37.2 Å². The standard InChI is InChI=1S/C31H34N4O10/c1-13-15-9-10-16(34-17(36)11-33-45-12-14-7-5-4-6-8-14)24(37)19(15)25(38)20-18(13)26(39)22-23(35(2)3)27(40)21(30(32)43)29(42)31(22,44)28(20)41/h4-10,13,18,22-23,26,33,37-39,42,44H,11-12H2,1-3H3,(H2,32,43)(H,34,36). The van der Waals surface area contributed by atoms with Gasteiger partial charge in [0.15, 0.2) is 11.4 Å². The average Bonchev–Trinajstić information content (AvgIpc) is 2.98. The van der Waals surface area contributed by atoms with Crippen LogP contribution in [0.3, 0.4) is 0 Å². The number of phenolic OH excluding ortho intramolecular Hbond substituents is 1. The SMILES string of the molecule is CC1c2ccc(NC(=O)CNOCc3ccccc3)c(O)c2C(O)=C2C(=O)C3(O)C(O)=C(C(N)=O)C(=O)C(N(C)C)C3C(O)C21. The molecule has 0 aromatic heterocycles. The lowest BCUT2D eigenvalue weighted by Gasteiger charge is -2.53. The molecule has 238 valence electrons. The number of nitrogens with zero attached hydrogens (tertiary/aromatic N) is 1. The van der Waals surface area contributed by atoms with Crippen molar-refractivity contribution in [3.8, 4) is 5.75 Å². The number of anilines is 1. The predicted octanol–water partition coefficient (Wildman–Crippen LogP) is 0.156. The van der Waals surface area contributed by atoms with Crippen LogP contribution >= 0.6 is 0 Å². The summed E-state index contributed by atoms with van der Waals surface area (Å²) in [4.78, 5) is 58.7. The summed E-state index contributed by atoms with van der Waals surface area (Å²) in [5, 5.41) is 59.5. The van der Waals surface area contributed by atoms with Crippen LogP contribution in [0, 0.1) is 11.8 Å². The van der Waals surface area contributed by atoms with Crippen LogP contribution in [0.25, 0.3) is 5.76 Å². The zero-order valence-electron chi connectivity index (χ0n) is 24.6. The van der Waals surface area contributed by atoms with E-state index in [1.54, 1.807) is 6.92 Å². The molecule has 0 saturated heterocycles. The third-order valence-electron chi connectivity index (χ3n) is 8.82. The summed E-state index contributed by atoms with van der Waals surface area (Å²) in [6.45, 7) is 1.51. The quantitative estimate of drug-likeness (QED) is 0.0851. The number of aliphatic hydroxyl groups excluding tert-OH is 3. The molecular formula is C31H34N4O10. The molecule has 0 aliphatic heterocycles. The van der Waals surface area contributed by atoms with Crippen LogP contribution in [0.5, 0.6) is 5.75 Å². The van der Waals surface area contributed by atoms with Gasteiger partial charge in [-0.3, -0.25) is 28.9 Å². The Morgan fingerprint density at radius 2 is 1.73 bits per heavy atom. The Bertz CT molecular complexity index is 1650. The molecule has 9 N–H and O–H groups in total. The minimum absolute atomic E-state index is 0.114. The number of rotatable bonds is 8. The van der Waals surface area contributed by atoms with Gasteiger partial charge in [0.05, 0.1) is 35.9 Å². The Hall–Kier alpha value is -4.60. The maximum Gasteiger partial charge on any atom is 0.255 e. The first-order valence-electron chi connectivity index (χ1n) is 14.1. The van der Waals surface area contributed by atoms with E-state index in [0.717, 1.165) is 5.56 Å². The second kappa shape index (κ2) is 11.7. The summed E-state index contributed by atoms with van der Waals surface area (Å²) < 4.78 is 0. The zero-order chi connectivity index (χ0) is 33.0. The summed E-state index contributed by atoms with van der Waals surface area (Å²) in [5.74, 6) is -10.6. The number of carbonyl (C=O) groups is 4. The number of benzene rings is 2. The van der Waals surface area contributed by atoms with Gasteiger partial charge in [0.2, 0.25) is 11.7 Å². The second-order valence-electron chi connectivity index (χ2n) is 11.6. The van der Waals surface area contributed by atoms with E-state index in [9.17, 15) is 44.7 Å². The van der Waals surface area contributed by atoms with Crippen molar-refractivity contribution in [1.82, 2.24) is 10.4 Å². The van der Waals surface area contributed by atoms with Crippen LogP contribution in [0.4, 0.5) is 5.69 Å². The van der Waals surface area contributed by atoms with Gasteiger partial charge in [0, 0.05) is 11.5 Å². The van der Waals surface area contributed by atoms with Gasteiger partial charge in [-0.1, -0.05) is 43.3 Å². The second-order valence-corrected chi connectivity index (χ2v) is 11.6. The van der Waals surface area contributed by atoms with Crippen LogP contribution < -0.4 is 16.5 Å². The highest BCUT2D eigenvalue weighted by Crippen LogP contribution is 2.56. The molecular weight excluding hydrogens is 588 g/mol. The van der Waals surface area contributed by atoms with E-state index >= 15 is 0 Å². The minimum atomic E-state index is -3.02. The number of primary amides is 1. The number of nitrogens with two attached hydrogens (primary N) is 1. The zero-order valence-corrected chi connectivity index (χ0v) is 24.6. The monoisotopic (exact) mass is 622 g/mol. The first-order chi connectivity index (χ1) is 21.2. The molecule has 0 bridgehead atoms. The maximum atomic E-state index is 14.1.